The molecule has 2 aliphatic carbocycles. The molecular weight excluding hydrogens is 610 g/mol. The molecule has 0 saturated heterocycles. The van der Waals surface area contributed by atoms with E-state index < -0.39 is 0 Å². The Bertz CT molecular complexity index is 884. The first-order valence-corrected chi connectivity index (χ1v) is 17.6. The summed E-state index contributed by atoms with van der Waals surface area (Å²) in [5.74, 6) is 14.7. The number of aryl methyl sites for hydroxylation is 6. The van der Waals surface area contributed by atoms with Crippen molar-refractivity contribution in [3.63, 3.8) is 0 Å². The van der Waals surface area contributed by atoms with E-state index in [1.807, 2.05) is 0 Å². The summed E-state index contributed by atoms with van der Waals surface area (Å²) in [6.07, 6.45) is 0. The van der Waals surface area contributed by atoms with Crippen LogP contribution in [0.2, 0.25) is 0 Å². The van der Waals surface area contributed by atoms with Crippen LogP contribution in [0.5, 0.6) is 0 Å². The smallest absolute Gasteiger partial charge is 0.0628 e. The number of rotatable bonds is 3. The minimum absolute atomic E-state index is 0. The summed E-state index contributed by atoms with van der Waals surface area (Å²) in [6, 6.07) is 9.26. The quantitative estimate of drug-likeness (QED) is 0.287. The van der Waals surface area contributed by atoms with Gasteiger partial charge >= 0.3 is 26.2 Å². The Morgan fingerprint density at radius 3 is 0.585 bits per heavy atom. The molecule has 0 N–H and O–H groups in total. The van der Waals surface area contributed by atoms with Crippen LogP contribution >= 0.6 is 16.5 Å². The zero-order valence-corrected chi connectivity index (χ0v) is 33.3. The van der Waals surface area contributed by atoms with Gasteiger partial charge in [-0.25, -0.2) is 0 Å². The van der Waals surface area contributed by atoms with Crippen molar-refractivity contribution in [2.24, 2.45) is 0 Å². The summed E-state index contributed by atoms with van der Waals surface area (Å²) in [4.78, 5) is 0. The zero-order chi connectivity index (χ0) is 30.6. The molecule has 2 fully saturated rings. The Morgan fingerprint density at radius 1 is 0.293 bits per heavy atom. The van der Waals surface area contributed by atoms with E-state index in [0.717, 1.165) is 16.5 Å². The van der Waals surface area contributed by atoms with Gasteiger partial charge in [0.25, 0.3) is 0 Å². The van der Waals surface area contributed by atoms with E-state index in [-0.39, 0.29) is 26.2 Å². The van der Waals surface area contributed by atoms with Crippen molar-refractivity contribution in [1.82, 2.24) is 0 Å². The van der Waals surface area contributed by atoms with Crippen LogP contribution in [0.3, 0.4) is 0 Å². The van der Waals surface area contributed by atoms with Crippen molar-refractivity contribution in [3.05, 3.63) is 117 Å². The van der Waals surface area contributed by atoms with Gasteiger partial charge in [-0.3, -0.25) is 0 Å². The molecule has 0 amide bonds. The molecule has 2 atom stereocenters. The van der Waals surface area contributed by atoms with E-state index in [1.54, 1.807) is 10.6 Å². The monoisotopic (exact) mass is 662 g/mol. The van der Waals surface area contributed by atoms with Crippen molar-refractivity contribution < 1.29 is 26.2 Å². The van der Waals surface area contributed by atoms with Crippen LogP contribution in [0.4, 0.5) is 0 Å². The summed E-state index contributed by atoms with van der Waals surface area (Å²) in [5.41, 5.74) is 8.57. The van der Waals surface area contributed by atoms with Crippen LogP contribution in [-0.4, -0.2) is 0 Å². The molecule has 0 heterocycles. The fraction of sp³-hybridized carbons (Fsp3) is 0.421. The molecule has 0 nitrogen and oxygen atoms in total. The van der Waals surface area contributed by atoms with Gasteiger partial charge in [0.2, 0.25) is 0 Å². The van der Waals surface area contributed by atoms with Gasteiger partial charge in [0.05, 0.1) is 0 Å². The van der Waals surface area contributed by atoms with Gasteiger partial charge in [-0.2, -0.15) is 0 Å². The number of benzene rings is 2. The first kappa shape index (κ1) is 39.2. The number of hydrogen-bond acceptors (Lipinski definition) is 0. The van der Waals surface area contributed by atoms with Gasteiger partial charge in [-0.1, -0.05) is 121 Å². The number of hydrogen-bond donors (Lipinski definition) is 0. The standard InChI is InChI=1S/C18H24P2.2C10H15.Zr/c1-11-7-13(3)17(14(4)8-11)19-20-18-15(5)9-12(2)10-16(18)6;2*1-6-7(2)9(4)10(5)8(6)3;/h7-10,19-20H,1-6H3;2*1-5H3;/q;;;+2. The fourth-order valence-electron chi connectivity index (χ4n) is 5.69. The molecule has 2 aliphatic rings. The molecule has 0 bridgehead atoms. The predicted octanol–water partition coefficient (Wildman–Crippen LogP) is 10.7. The molecule has 10 radical (unpaired) electrons. The Balaban J connectivity index is 0.000000337. The third-order valence-electron chi connectivity index (χ3n) is 9.29. The molecule has 0 aliphatic heterocycles. The van der Waals surface area contributed by atoms with Crippen LogP contribution in [0.1, 0.15) is 103 Å². The Morgan fingerprint density at radius 2 is 0.439 bits per heavy atom. The molecule has 41 heavy (non-hydrogen) atoms. The van der Waals surface area contributed by atoms with E-state index in [4.69, 9.17) is 0 Å². The molecule has 2 unspecified atom stereocenters. The predicted molar refractivity (Wildman–Crippen MR) is 186 cm³/mol. The largest absolute Gasteiger partial charge is 2.00 e. The molecule has 218 valence electrons. The van der Waals surface area contributed by atoms with Crippen molar-refractivity contribution in [1.29, 1.82) is 0 Å². The summed E-state index contributed by atoms with van der Waals surface area (Å²) in [6.45, 7) is 35.4. The van der Waals surface area contributed by atoms with Gasteiger partial charge in [-0.05, 0) is 134 Å². The van der Waals surface area contributed by atoms with Crippen LogP contribution in [0, 0.1) is 101 Å². The third kappa shape index (κ3) is 9.83. The van der Waals surface area contributed by atoms with E-state index in [1.165, 1.54) is 92.6 Å². The molecule has 0 aromatic heterocycles. The molecule has 2 aromatic carbocycles. The average Bonchev–Trinajstić information content (AvgIpc) is 3.15. The third-order valence-corrected chi connectivity index (χ3v) is 13.4. The molecule has 2 aromatic rings. The average molecular weight is 664 g/mol. The minimum Gasteiger partial charge on any atom is -0.0628 e. The first-order valence-electron chi connectivity index (χ1n) is 14.6. The molecular formula is C38H54P2Zr+2. The van der Waals surface area contributed by atoms with Gasteiger partial charge in [0, 0.05) is 0 Å². The van der Waals surface area contributed by atoms with Crippen molar-refractivity contribution >= 4 is 27.1 Å². The second-order valence-electron chi connectivity index (χ2n) is 12.0. The molecule has 3 heteroatoms. The molecule has 2 saturated carbocycles. The van der Waals surface area contributed by atoms with Crippen LogP contribution in [0.25, 0.3) is 0 Å². The topological polar surface area (TPSA) is 0 Å². The summed E-state index contributed by atoms with van der Waals surface area (Å²) in [5, 5.41) is 3.13. The van der Waals surface area contributed by atoms with Crippen molar-refractivity contribution in [2.75, 3.05) is 0 Å². The normalized spacial score (nSPS) is 19.8. The maximum absolute atomic E-state index is 2.31. The fourth-order valence-corrected chi connectivity index (χ4v) is 10.1. The maximum Gasteiger partial charge on any atom is 2.00 e. The zero-order valence-electron chi connectivity index (χ0n) is 28.8. The van der Waals surface area contributed by atoms with Crippen molar-refractivity contribution in [2.45, 2.75) is 111 Å². The first-order chi connectivity index (χ1) is 18.5. The minimum atomic E-state index is 0. The van der Waals surface area contributed by atoms with Crippen LogP contribution in [-0.2, 0) is 26.2 Å². The van der Waals surface area contributed by atoms with Gasteiger partial charge in [0.15, 0.2) is 0 Å². The van der Waals surface area contributed by atoms with Gasteiger partial charge in [0.1, 0.15) is 0 Å². The van der Waals surface area contributed by atoms with Crippen LogP contribution in [0.15, 0.2) is 24.3 Å². The van der Waals surface area contributed by atoms with Crippen LogP contribution < -0.4 is 10.6 Å². The second kappa shape index (κ2) is 17.0. The summed E-state index contributed by atoms with van der Waals surface area (Å²) >= 11 is 0. The summed E-state index contributed by atoms with van der Waals surface area (Å²) in [7, 11) is 1.79. The van der Waals surface area contributed by atoms with E-state index in [0.29, 0.717) is 0 Å². The van der Waals surface area contributed by atoms with Gasteiger partial charge < -0.3 is 0 Å². The molecule has 0 spiro atoms. The summed E-state index contributed by atoms with van der Waals surface area (Å²) < 4.78 is 0. The maximum atomic E-state index is 2.31. The SMILES string of the molecule is C[C]1[C](C)[C](C)[C](C)[C]1C.C[C]1[C](C)[C](C)[C](C)[C]1C.Cc1cc(C)c(PPc2c(C)cc(C)cc2C)c(C)c1.[Zr+2]. The Labute approximate surface area is 279 Å². The second-order valence-corrected chi connectivity index (χ2v) is 15.0. The Kier molecular flexibility index (Phi) is 16.3. The van der Waals surface area contributed by atoms with E-state index >= 15 is 0 Å². The Hall–Kier alpha value is 0.183. The van der Waals surface area contributed by atoms with Gasteiger partial charge in [-0.15, -0.1) is 0 Å². The van der Waals surface area contributed by atoms with E-state index in [9.17, 15) is 0 Å². The van der Waals surface area contributed by atoms with Crippen molar-refractivity contribution in [3.8, 4) is 0 Å². The molecule has 4 rings (SSSR count). The van der Waals surface area contributed by atoms with E-state index in [2.05, 4.69) is 135 Å².